The fraction of sp³-hybridized carbons (Fsp3) is 0.143. The summed E-state index contributed by atoms with van der Waals surface area (Å²) in [6.07, 6.45) is 0. The Morgan fingerprint density at radius 2 is 1.81 bits per heavy atom. The maximum atomic E-state index is 12.4. The van der Waals surface area contributed by atoms with Crippen LogP contribution in [0, 0.1) is 0 Å². The average Bonchev–Trinajstić information content (AvgIpc) is 2.41. The van der Waals surface area contributed by atoms with Gasteiger partial charge in [0.05, 0.1) is 0 Å². The van der Waals surface area contributed by atoms with Gasteiger partial charge in [0.2, 0.25) is 0 Å². The smallest absolute Gasteiger partial charge is 0.263 e. The lowest BCUT2D eigenvalue weighted by Gasteiger charge is -2.11. The Bertz CT molecular complexity index is 733. The molecule has 2 N–H and O–H groups in total. The molecule has 0 unspecified atom stereocenters. The van der Waals surface area contributed by atoms with Gasteiger partial charge in [-0.15, -0.1) is 0 Å². The van der Waals surface area contributed by atoms with Crippen molar-refractivity contribution in [2.24, 2.45) is 0 Å². The monoisotopic (exact) mass is 388 g/mol. The quantitative estimate of drug-likeness (QED) is 0.821. The lowest BCUT2D eigenvalue weighted by atomic mass is 10.2. The fourth-order valence-corrected chi connectivity index (χ4v) is 4.12. The second kappa shape index (κ2) is 6.79. The van der Waals surface area contributed by atoms with E-state index in [1.807, 2.05) is 7.05 Å². The van der Waals surface area contributed by atoms with E-state index in [1.165, 1.54) is 0 Å². The van der Waals surface area contributed by atoms with Gasteiger partial charge in [0.15, 0.2) is 0 Å². The summed E-state index contributed by atoms with van der Waals surface area (Å²) in [5.74, 6) is 0. The Morgan fingerprint density at radius 3 is 2.38 bits per heavy atom. The van der Waals surface area contributed by atoms with Crippen molar-refractivity contribution in [3.8, 4) is 0 Å². The zero-order valence-electron chi connectivity index (χ0n) is 11.2. The molecule has 0 aromatic heterocycles. The van der Waals surface area contributed by atoms with Crippen LogP contribution in [0.3, 0.4) is 0 Å². The Morgan fingerprint density at radius 1 is 1.14 bits per heavy atom. The molecule has 0 amide bonds. The van der Waals surface area contributed by atoms with E-state index >= 15 is 0 Å². The summed E-state index contributed by atoms with van der Waals surface area (Å²) in [5.41, 5.74) is 1.46. The summed E-state index contributed by atoms with van der Waals surface area (Å²) in [5, 5.41) is 3.57. The zero-order valence-corrected chi connectivity index (χ0v) is 14.4. The molecule has 0 aliphatic heterocycles. The molecular formula is C14H14BrClN2O2S. The van der Waals surface area contributed by atoms with Gasteiger partial charge in [-0.2, -0.15) is 0 Å². The fourth-order valence-electron chi connectivity index (χ4n) is 1.80. The van der Waals surface area contributed by atoms with Gasteiger partial charge in [-0.05, 0) is 64.9 Å². The van der Waals surface area contributed by atoms with Crippen LogP contribution in [-0.2, 0) is 16.6 Å². The van der Waals surface area contributed by atoms with Crippen LogP contribution in [0.2, 0.25) is 5.02 Å². The predicted molar refractivity (Wildman–Crippen MR) is 89.2 cm³/mol. The minimum atomic E-state index is -3.65. The van der Waals surface area contributed by atoms with Gasteiger partial charge in [-0.3, -0.25) is 4.72 Å². The Hall–Kier alpha value is -1.08. The second-order valence-corrected chi connectivity index (χ2v) is 7.35. The molecule has 0 atom stereocenters. The van der Waals surface area contributed by atoms with Crippen molar-refractivity contribution in [2.75, 3.05) is 11.8 Å². The first-order chi connectivity index (χ1) is 9.92. The van der Waals surface area contributed by atoms with Crippen molar-refractivity contribution in [2.45, 2.75) is 11.4 Å². The van der Waals surface area contributed by atoms with Crippen LogP contribution in [0.5, 0.6) is 0 Å². The number of hydrogen-bond donors (Lipinski definition) is 2. The molecule has 2 aromatic rings. The maximum absolute atomic E-state index is 12.4. The number of benzene rings is 2. The largest absolute Gasteiger partial charge is 0.316 e. The normalized spacial score (nSPS) is 11.4. The van der Waals surface area contributed by atoms with E-state index in [-0.39, 0.29) is 4.90 Å². The highest BCUT2D eigenvalue weighted by atomic mass is 79.9. The second-order valence-electron chi connectivity index (χ2n) is 4.41. The van der Waals surface area contributed by atoms with Crippen molar-refractivity contribution in [3.63, 3.8) is 0 Å². The topological polar surface area (TPSA) is 58.2 Å². The maximum Gasteiger partial charge on any atom is 0.263 e. The van der Waals surface area contributed by atoms with Crippen molar-refractivity contribution >= 4 is 43.2 Å². The van der Waals surface area contributed by atoms with Crippen LogP contribution < -0.4 is 10.0 Å². The summed E-state index contributed by atoms with van der Waals surface area (Å²) in [6.45, 7) is 0.670. The highest BCUT2D eigenvalue weighted by molar-refractivity contribution is 9.10. The van der Waals surface area contributed by atoms with Crippen LogP contribution >= 0.6 is 27.5 Å². The summed E-state index contributed by atoms with van der Waals surface area (Å²) in [7, 11) is -1.81. The van der Waals surface area contributed by atoms with Gasteiger partial charge in [-0.25, -0.2) is 8.42 Å². The molecule has 0 saturated heterocycles. The van der Waals surface area contributed by atoms with Crippen LogP contribution in [0.25, 0.3) is 0 Å². The van der Waals surface area contributed by atoms with E-state index in [9.17, 15) is 8.42 Å². The molecule has 0 heterocycles. The number of sulfonamides is 1. The Labute approximate surface area is 137 Å². The summed E-state index contributed by atoms with van der Waals surface area (Å²) >= 11 is 9.09. The highest BCUT2D eigenvalue weighted by Crippen LogP contribution is 2.26. The van der Waals surface area contributed by atoms with Gasteiger partial charge in [0.25, 0.3) is 10.0 Å². The molecule has 0 bridgehead atoms. The van der Waals surface area contributed by atoms with E-state index in [0.29, 0.717) is 21.7 Å². The minimum absolute atomic E-state index is 0.192. The molecule has 0 aliphatic rings. The van der Waals surface area contributed by atoms with Gasteiger partial charge in [-0.1, -0.05) is 17.7 Å². The average molecular weight is 390 g/mol. The van der Waals surface area contributed by atoms with Gasteiger partial charge < -0.3 is 5.32 Å². The molecular weight excluding hydrogens is 376 g/mol. The van der Waals surface area contributed by atoms with Crippen molar-refractivity contribution in [1.29, 1.82) is 0 Å². The lowest BCUT2D eigenvalue weighted by Crippen LogP contribution is -2.14. The first kappa shape index (κ1) is 16.3. The van der Waals surface area contributed by atoms with Crippen LogP contribution in [0.4, 0.5) is 5.69 Å². The number of nitrogens with one attached hydrogen (secondary N) is 2. The highest BCUT2D eigenvalue weighted by Gasteiger charge is 2.18. The number of rotatable bonds is 5. The number of halogens is 2. The van der Waals surface area contributed by atoms with E-state index < -0.39 is 10.0 Å². The van der Waals surface area contributed by atoms with Crippen LogP contribution in [-0.4, -0.2) is 15.5 Å². The Balaban J connectivity index is 2.29. The predicted octanol–water partition coefficient (Wildman–Crippen LogP) is 3.62. The molecule has 0 spiro atoms. The number of hydrogen-bond acceptors (Lipinski definition) is 3. The molecule has 4 nitrogen and oxygen atoms in total. The van der Waals surface area contributed by atoms with E-state index in [1.54, 1.807) is 42.5 Å². The molecule has 2 aromatic carbocycles. The molecule has 112 valence electrons. The SMILES string of the molecule is CNCc1ccc(S(=O)(=O)Nc2ccc(Cl)cc2)c(Br)c1. The third-order valence-corrected chi connectivity index (χ3v) is 5.37. The molecule has 0 aliphatic carbocycles. The first-order valence-electron chi connectivity index (χ1n) is 6.14. The van der Waals surface area contributed by atoms with E-state index in [0.717, 1.165) is 5.56 Å². The van der Waals surface area contributed by atoms with Gasteiger partial charge in [0, 0.05) is 21.7 Å². The summed E-state index contributed by atoms with van der Waals surface area (Å²) < 4.78 is 27.8. The van der Waals surface area contributed by atoms with E-state index in [2.05, 4.69) is 26.0 Å². The Kier molecular flexibility index (Phi) is 5.27. The molecule has 7 heteroatoms. The third kappa shape index (κ3) is 4.20. The standard InChI is InChI=1S/C14H14BrClN2O2S/c1-17-9-10-2-7-14(13(15)8-10)21(19,20)18-12-5-3-11(16)4-6-12/h2-8,17-18H,9H2,1H3. The molecule has 0 saturated carbocycles. The summed E-state index contributed by atoms with van der Waals surface area (Å²) in [4.78, 5) is 0.192. The molecule has 21 heavy (non-hydrogen) atoms. The minimum Gasteiger partial charge on any atom is -0.316 e. The lowest BCUT2D eigenvalue weighted by molar-refractivity contribution is 0.600. The van der Waals surface area contributed by atoms with Gasteiger partial charge >= 0.3 is 0 Å². The van der Waals surface area contributed by atoms with Crippen molar-refractivity contribution < 1.29 is 8.42 Å². The van der Waals surface area contributed by atoms with Crippen LogP contribution in [0.15, 0.2) is 51.8 Å². The molecule has 0 radical (unpaired) electrons. The summed E-state index contributed by atoms with van der Waals surface area (Å²) in [6, 6.07) is 11.6. The molecule has 2 rings (SSSR count). The number of anilines is 1. The van der Waals surface area contributed by atoms with Crippen LogP contribution in [0.1, 0.15) is 5.56 Å². The first-order valence-corrected chi connectivity index (χ1v) is 8.79. The van der Waals surface area contributed by atoms with E-state index in [4.69, 9.17) is 11.6 Å². The van der Waals surface area contributed by atoms with Gasteiger partial charge in [0.1, 0.15) is 4.90 Å². The van der Waals surface area contributed by atoms with Crippen molar-refractivity contribution in [1.82, 2.24) is 5.32 Å². The zero-order chi connectivity index (χ0) is 15.5. The van der Waals surface area contributed by atoms with Crippen molar-refractivity contribution in [3.05, 3.63) is 57.5 Å². The molecule has 0 fully saturated rings. The third-order valence-electron chi connectivity index (χ3n) is 2.76.